The van der Waals surface area contributed by atoms with Crippen LogP contribution in [0.3, 0.4) is 0 Å². The monoisotopic (exact) mass is 240 g/mol. The van der Waals surface area contributed by atoms with Crippen LogP contribution in [-0.2, 0) is 0 Å². The average molecular weight is 240 g/mol. The zero-order valence-corrected chi connectivity index (χ0v) is 9.58. The Morgan fingerprint density at radius 1 is 0.889 bits per heavy atom. The van der Waals surface area contributed by atoms with Gasteiger partial charge < -0.3 is 14.9 Å². The lowest BCUT2D eigenvalue weighted by Crippen LogP contribution is -2.08. The van der Waals surface area contributed by atoms with Crippen molar-refractivity contribution in [1.82, 2.24) is 0 Å². The Morgan fingerprint density at radius 2 is 1.61 bits per heavy atom. The van der Waals surface area contributed by atoms with E-state index in [1.54, 1.807) is 24.3 Å². The molecule has 0 fully saturated rings. The van der Waals surface area contributed by atoms with Gasteiger partial charge in [-0.25, -0.2) is 0 Å². The van der Waals surface area contributed by atoms with Gasteiger partial charge in [0.25, 0.3) is 0 Å². The third kappa shape index (κ3) is 1.91. The first-order valence-electron chi connectivity index (χ1n) is 5.69. The minimum absolute atomic E-state index is 0.188. The number of hydrogen-bond donors (Lipinski definition) is 2. The fourth-order valence-electron chi connectivity index (χ4n) is 1.97. The second kappa shape index (κ2) is 4.11. The number of aromatic hydroxyl groups is 2. The van der Waals surface area contributed by atoms with Gasteiger partial charge in [0.05, 0.1) is 0 Å². The number of rotatable bonds is 1. The van der Waals surface area contributed by atoms with Crippen LogP contribution in [0.15, 0.2) is 48.5 Å². The lowest BCUT2D eigenvalue weighted by atomic mass is 10.0. The van der Waals surface area contributed by atoms with Gasteiger partial charge in [-0.05, 0) is 35.9 Å². The molecule has 0 radical (unpaired) electrons. The van der Waals surface area contributed by atoms with Crippen LogP contribution in [0.1, 0.15) is 17.2 Å². The van der Waals surface area contributed by atoms with Gasteiger partial charge in [-0.15, -0.1) is 0 Å². The van der Waals surface area contributed by atoms with Gasteiger partial charge in [-0.3, -0.25) is 0 Å². The summed E-state index contributed by atoms with van der Waals surface area (Å²) in [6, 6.07) is 11.9. The summed E-state index contributed by atoms with van der Waals surface area (Å²) in [5.41, 5.74) is 1.90. The zero-order chi connectivity index (χ0) is 12.5. The highest BCUT2D eigenvalue weighted by Crippen LogP contribution is 2.34. The van der Waals surface area contributed by atoms with Crippen molar-refractivity contribution in [3.05, 3.63) is 59.7 Å². The maximum absolute atomic E-state index is 9.44. The third-order valence-corrected chi connectivity index (χ3v) is 2.92. The van der Waals surface area contributed by atoms with E-state index in [9.17, 15) is 10.2 Å². The van der Waals surface area contributed by atoms with Crippen molar-refractivity contribution in [2.45, 2.75) is 6.10 Å². The SMILES string of the molecule is Oc1ccc(C2C=Cc3ccc(O)cc3O2)cc1. The lowest BCUT2D eigenvalue weighted by molar-refractivity contribution is 0.250. The van der Waals surface area contributed by atoms with Crippen molar-refractivity contribution in [3.63, 3.8) is 0 Å². The molecule has 0 spiro atoms. The second-order valence-electron chi connectivity index (χ2n) is 4.21. The summed E-state index contributed by atoms with van der Waals surface area (Å²) in [7, 11) is 0. The predicted molar refractivity (Wildman–Crippen MR) is 68.6 cm³/mol. The van der Waals surface area contributed by atoms with Crippen molar-refractivity contribution < 1.29 is 14.9 Å². The molecule has 0 amide bonds. The van der Waals surface area contributed by atoms with Gasteiger partial charge in [0.15, 0.2) is 0 Å². The molecule has 1 atom stereocenters. The maximum atomic E-state index is 9.44. The Balaban J connectivity index is 1.93. The van der Waals surface area contributed by atoms with Crippen molar-refractivity contribution in [3.8, 4) is 17.2 Å². The first-order chi connectivity index (χ1) is 8.72. The Labute approximate surface area is 105 Å². The molecule has 2 N–H and O–H groups in total. The van der Waals surface area contributed by atoms with E-state index in [2.05, 4.69) is 0 Å². The van der Waals surface area contributed by atoms with Crippen LogP contribution >= 0.6 is 0 Å². The summed E-state index contributed by atoms with van der Waals surface area (Å²) in [6.07, 6.45) is 3.72. The van der Waals surface area contributed by atoms with Gasteiger partial charge in [-0.2, -0.15) is 0 Å². The normalized spacial score (nSPS) is 17.0. The van der Waals surface area contributed by atoms with Crippen LogP contribution in [0.4, 0.5) is 0 Å². The number of hydrogen-bond acceptors (Lipinski definition) is 3. The highest BCUT2D eigenvalue weighted by atomic mass is 16.5. The Bertz CT molecular complexity index is 600. The fraction of sp³-hybridized carbons (Fsp3) is 0.0667. The molecule has 2 aromatic rings. The van der Waals surface area contributed by atoms with Crippen molar-refractivity contribution in [1.29, 1.82) is 0 Å². The average Bonchev–Trinajstić information content (AvgIpc) is 2.38. The maximum Gasteiger partial charge on any atom is 0.142 e. The molecule has 0 saturated carbocycles. The topological polar surface area (TPSA) is 49.7 Å². The van der Waals surface area contributed by atoms with E-state index in [-0.39, 0.29) is 17.6 Å². The quantitative estimate of drug-likeness (QED) is 0.804. The van der Waals surface area contributed by atoms with E-state index in [4.69, 9.17) is 4.74 Å². The lowest BCUT2D eigenvalue weighted by Gasteiger charge is -2.21. The van der Waals surface area contributed by atoms with Gasteiger partial charge in [0.2, 0.25) is 0 Å². The second-order valence-corrected chi connectivity index (χ2v) is 4.21. The minimum Gasteiger partial charge on any atom is -0.508 e. The number of benzene rings is 2. The molecule has 0 aromatic heterocycles. The van der Waals surface area contributed by atoms with Crippen LogP contribution in [0.2, 0.25) is 0 Å². The van der Waals surface area contributed by atoms with Crippen molar-refractivity contribution in [2.75, 3.05) is 0 Å². The van der Waals surface area contributed by atoms with Gasteiger partial charge in [0.1, 0.15) is 23.4 Å². The van der Waals surface area contributed by atoms with Gasteiger partial charge >= 0.3 is 0 Å². The summed E-state index contributed by atoms with van der Waals surface area (Å²) in [5.74, 6) is 1.08. The Hall–Kier alpha value is -2.42. The molecular weight excluding hydrogens is 228 g/mol. The van der Waals surface area contributed by atoms with E-state index >= 15 is 0 Å². The molecule has 18 heavy (non-hydrogen) atoms. The summed E-state index contributed by atoms with van der Waals surface area (Å²) >= 11 is 0. The minimum atomic E-state index is -0.195. The van der Waals surface area contributed by atoms with E-state index in [1.165, 1.54) is 0 Å². The van der Waals surface area contributed by atoms with Crippen molar-refractivity contribution >= 4 is 6.08 Å². The van der Waals surface area contributed by atoms with Crippen molar-refractivity contribution in [2.24, 2.45) is 0 Å². The van der Waals surface area contributed by atoms with Crippen LogP contribution in [0, 0.1) is 0 Å². The van der Waals surface area contributed by atoms with Crippen LogP contribution in [0.25, 0.3) is 6.08 Å². The van der Waals surface area contributed by atoms with Gasteiger partial charge in [-0.1, -0.05) is 18.2 Å². The third-order valence-electron chi connectivity index (χ3n) is 2.92. The molecule has 2 aromatic carbocycles. The Kier molecular flexibility index (Phi) is 2.45. The summed E-state index contributed by atoms with van der Waals surface area (Å²) in [5, 5.41) is 18.7. The molecule has 0 saturated heterocycles. The zero-order valence-electron chi connectivity index (χ0n) is 9.58. The molecule has 1 unspecified atom stereocenters. The first kappa shape index (κ1) is 10.7. The molecule has 3 heteroatoms. The Morgan fingerprint density at radius 3 is 2.39 bits per heavy atom. The first-order valence-corrected chi connectivity index (χ1v) is 5.69. The highest BCUT2D eigenvalue weighted by molar-refractivity contribution is 5.62. The molecule has 90 valence electrons. The molecule has 0 aliphatic carbocycles. The van der Waals surface area contributed by atoms with Crippen LogP contribution < -0.4 is 4.74 Å². The molecule has 3 nitrogen and oxygen atoms in total. The number of phenolic OH excluding ortho intramolecular Hbond substituents is 2. The van der Waals surface area contributed by atoms with Crippen LogP contribution in [-0.4, -0.2) is 10.2 Å². The molecule has 1 aliphatic rings. The van der Waals surface area contributed by atoms with Crippen LogP contribution in [0.5, 0.6) is 17.2 Å². The summed E-state index contributed by atoms with van der Waals surface area (Å²) in [6.45, 7) is 0. The van der Waals surface area contributed by atoms with E-state index in [1.807, 2.05) is 30.4 Å². The highest BCUT2D eigenvalue weighted by Gasteiger charge is 2.16. The molecule has 0 bridgehead atoms. The number of phenols is 2. The number of ether oxygens (including phenoxy) is 1. The fourth-order valence-corrected chi connectivity index (χ4v) is 1.97. The predicted octanol–water partition coefficient (Wildman–Crippen LogP) is 3.24. The van der Waals surface area contributed by atoms with E-state index in [0.29, 0.717) is 5.75 Å². The molecule has 1 aliphatic heterocycles. The number of fused-ring (bicyclic) bond motifs is 1. The standard InChI is InChI=1S/C15H12O3/c16-12-5-1-10(2-6-12)14-8-4-11-3-7-13(17)9-15(11)18-14/h1-9,14,16-17H. The molecule has 3 rings (SSSR count). The van der Waals surface area contributed by atoms with E-state index in [0.717, 1.165) is 11.1 Å². The van der Waals surface area contributed by atoms with Gasteiger partial charge in [0, 0.05) is 11.6 Å². The largest absolute Gasteiger partial charge is 0.508 e. The van der Waals surface area contributed by atoms with E-state index < -0.39 is 0 Å². The smallest absolute Gasteiger partial charge is 0.142 e. The summed E-state index contributed by atoms with van der Waals surface area (Å²) < 4.78 is 5.81. The summed E-state index contributed by atoms with van der Waals surface area (Å²) in [4.78, 5) is 0. The molecule has 1 heterocycles. The molecular formula is C15H12O3.